The van der Waals surface area contributed by atoms with Crippen molar-refractivity contribution in [2.45, 2.75) is 25.9 Å². The highest BCUT2D eigenvalue weighted by molar-refractivity contribution is 5.14. The molecule has 0 atom stereocenters. The minimum absolute atomic E-state index is 0.188. The lowest BCUT2D eigenvalue weighted by molar-refractivity contribution is -0.561. The largest absolute Gasteiger partial charge is 0.381 e. The van der Waals surface area contributed by atoms with Gasteiger partial charge in [-0.1, -0.05) is 30.3 Å². The van der Waals surface area contributed by atoms with Crippen molar-refractivity contribution in [1.29, 1.82) is 0 Å². The van der Waals surface area contributed by atoms with Gasteiger partial charge in [0.15, 0.2) is 0 Å². The highest BCUT2D eigenvalue weighted by atomic mass is 16.6. The maximum Gasteiger partial charge on any atom is 0.229 e. The zero-order valence-corrected chi connectivity index (χ0v) is 10.2. The average Bonchev–Trinajstić information content (AvgIpc) is 2.29. The molecule has 1 aromatic rings. The summed E-state index contributed by atoms with van der Waals surface area (Å²) in [7, 11) is 0. The summed E-state index contributed by atoms with van der Waals surface area (Å²) in [6, 6.07) is 9.59. The molecule has 0 aromatic heterocycles. The first-order chi connectivity index (χ1) is 7.95. The molecule has 0 spiro atoms. The molecule has 0 heterocycles. The van der Waals surface area contributed by atoms with Crippen LogP contribution in [0.15, 0.2) is 30.3 Å². The fourth-order valence-electron chi connectivity index (χ4n) is 1.60. The predicted molar refractivity (Wildman–Crippen MR) is 65.0 cm³/mol. The normalized spacial score (nSPS) is 11.8. The molecule has 0 aliphatic heterocycles. The molecular weight excluding hydrogens is 220 g/mol. The molecule has 0 aliphatic rings. The van der Waals surface area contributed by atoms with Gasteiger partial charge in [0, 0.05) is 25.3 Å². The first-order valence-corrected chi connectivity index (χ1v) is 5.47. The predicted octanol–water partition coefficient (Wildman–Crippen LogP) is 1.49. The van der Waals surface area contributed by atoms with E-state index in [1.54, 1.807) is 18.7 Å². The van der Waals surface area contributed by atoms with Gasteiger partial charge in [0.05, 0.1) is 13.3 Å². The van der Waals surface area contributed by atoms with Gasteiger partial charge in [-0.2, -0.15) is 0 Å². The Hall–Kier alpha value is -1.46. The number of benzene rings is 1. The molecule has 1 N–H and O–H groups in total. The van der Waals surface area contributed by atoms with Crippen LogP contribution in [0.25, 0.3) is 0 Å². The molecule has 1 aromatic carbocycles. The van der Waals surface area contributed by atoms with Crippen LogP contribution in [0, 0.1) is 10.1 Å². The van der Waals surface area contributed by atoms with Gasteiger partial charge < -0.3 is 5.11 Å². The minimum Gasteiger partial charge on any atom is -0.381 e. The van der Waals surface area contributed by atoms with Crippen molar-refractivity contribution in [1.82, 2.24) is 4.90 Å². The second-order valence-electron chi connectivity index (χ2n) is 4.68. The number of nitro groups is 1. The third kappa shape index (κ3) is 4.13. The maximum atomic E-state index is 10.8. The average molecular weight is 238 g/mol. The quantitative estimate of drug-likeness (QED) is 0.463. The van der Waals surface area contributed by atoms with Crippen molar-refractivity contribution in [3.05, 3.63) is 46.0 Å². The summed E-state index contributed by atoms with van der Waals surface area (Å²) in [5.41, 5.74) is -0.0296. The molecule has 0 saturated heterocycles. The van der Waals surface area contributed by atoms with E-state index in [9.17, 15) is 15.2 Å². The van der Waals surface area contributed by atoms with Crippen LogP contribution >= 0.6 is 0 Å². The van der Waals surface area contributed by atoms with Crippen LogP contribution in [0.5, 0.6) is 0 Å². The van der Waals surface area contributed by atoms with Crippen LogP contribution in [0.2, 0.25) is 0 Å². The Morgan fingerprint density at radius 2 is 1.94 bits per heavy atom. The fourth-order valence-corrected chi connectivity index (χ4v) is 1.60. The van der Waals surface area contributed by atoms with Crippen molar-refractivity contribution in [2.24, 2.45) is 0 Å². The third-order valence-electron chi connectivity index (χ3n) is 2.55. The van der Waals surface area contributed by atoms with E-state index in [2.05, 4.69) is 0 Å². The maximum absolute atomic E-state index is 10.8. The Bertz CT molecular complexity index is 365. The number of aliphatic hydroxyl groups excluding tert-OH is 1. The molecule has 1 rings (SSSR count). The number of hydrogen-bond donors (Lipinski definition) is 1. The van der Waals surface area contributed by atoms with Gasteiger partial charge in [-0.25, -0.2) is 0 Å². The van der Waals surface area contributed by atoms with Gasteiger partial charge in [0.25, 0.3) is 0 Å². The summed E-state index contributed by atoms with van der Waals surface area (Å²) in [5.74, 6) is 0. The van der Waals surface area contributed by atoms with Crippen LogP contribution in [0.3, 0.4) is 0 Å². The topological polar surface area (TPSA) is 66.6 Å². The van der Waals surface area contributed by atoms with E-state index in [1.807, 2.05) is 30.3 Å². The van der Waals surface area contributed by atoms with Crippen molar-refractivity contribution < 1.29 is 10.0 Å². The first kappa shape index (κ1) is 13.6. The molecule has 0 amide bonds. The summed E-state index contributed by atoms with van der Waals surface area (Å²) >= 11 is 0. The molecule has 0 fully saturated rings. The van der Waals surface area contributed by atoms with E-state index in [0.717, 1.165) is 5.56 Å². The Kier molecular flexibility index (Phi) is 4.60. The molecule has 0 saturated carbocycles. The van der Waals surface area contributed by atoms with E-state index in [1.165, 1.54) is 0 Å². The van der Waals surface area contributed by atoms with E-state index in [4.69, 9.17) is 0 Å². The Labute approximate surface area is 101 Å². The van der Waals surface area contributed by atoms with Crippen molar-refractivity contribution >= 4 is 0 Å². The smallest absolute Gasteiger partial charge is 0.229 e. The molecule has 17 heavy (non-hydrogen) atoms. The SMILES string of the molecule is CC(C)(CN(CO)Cc1ccccc1)[N+](=O)[O-]. The molecule has 0 aliphatic carbocycles. The van der Waals surface area contributed by atoms with E-state index in [0.29, 0.717) is 6.54 Å². The van der Waals surface area contributed by atoms with Gasteiger partial charge in [-0.3, -0.25) is 15.0 Å². The Morgan fingerprint density at radius 3 is 2.41 bits per heavy atom. The summed E-state index contributed by atoms with van der Waals surface area (Å²) in [4.78, 5) is 12.2. The second kappa shape index (κ2) is 5.75. The summed E-state index contributed by atoms with van der Waals surface area (Å²) in [5, 5.41) is 20.1. The van der Waals surface area contributed by atoms with Gasteiger partial charge in [0.1, 0.15) is 0 Å². The van der Waals surface area contributed by atoms with Gasteiger partial charge >= 0.3 is 0 Å². The van der Waals surface area contributed by atoms with Gasteiger partial charge in [-0.05, 0) is 5.56 Å². The monoisotopic (exact) mass is 238 g/mol. The molecule has 5 nitrogen and oxygen atoms in total. The molecular formula is C12H18N2O3. The number of rotatable bonds is 6. The van der Waals surface area contributed by atoms with Crippen molar-refractivity contribution in [2.75, 3.05) is 13.3 Å². The van der Waals surface area contributed by atoms with Crippen molar-refractivity contribution in [3.63, 3.8) is 0 Å². The second-order valence-corrected chi connectivity index (χ2v) is 4.68. The zero-order valence-electron chi connectivity index (χ0n) is 10.2. The molecule has 0 unspecified atom stereocenters. The standard InChI is InChI=1S/C12H18N2O3/c1-12(2,14(16)17)9-13(10-15)8-11-6-4-3-5-7-11/h3-7,15H,8-10H2,1-2H3. The van der Waals surface area contributed by atoms with Gasteiger partial charge in [0.2, 0.25) is 5.54 Å². The summed E-state index contributed by atoms with van der Waals surface area (Å²) in [6.07, 6.45) is 0. The highest BCUT2D eigenvalue weighted by Gasteiger charge is 2.32. The zero-order chi connectivity index (χ0) is 12.9. The Balaban J connectivity index is 2.64. The summed E-state index contributed by atoms with van der Waals surface area (Å²) in [6.45, 7) is 3.65. The third-order valence-corrected chi connectivity index (χ3v) is 2.55. The van der Waals surface area contributed by atoms with Crippen molar-refractivity contribution in [3.8, 4) is 0 Å². The van der Waals surface area contributed by atoms with E-state index in [-0.39, 0.29) is 18.2 Å². The first-order valence-electron chi connectivity index (χ1n) is 5.47. The highest BCUT2D eigenvalue weighted by Crippen LogP contribution is 2.12. The van der Waals surface area contributed by atoms with E-state index >= 15 is 0 Å². The molecule has 94 valence electrons. The van der Waals surface area contributed by atoms with E-state index < -0.39 is 5.54 Å². The number of hydrogen-bond acceptors (Lipinski definition) is 4. The lowest BCUT2D eigenvalue weighted by Gasteiger charge is -2.25. The lowest BCUT2D eigenvalue weighted by Crippen LogP contribution is -2.44. The molecule has 0 radical (unpaired) electrons. The van der Waals surface area contributed by atoms with Gasteiger partial charge in [-0.15, -0.1) is 0 Å². The lowest BCUT2D eigenvalue weighted by atomic mass is 10.1. The summed E-state index contributed by atoms with van der Waals surface area (Å²) < 4.78 is 0. The van der Waals surface area contributed by atoms with Crippen LogP contribution in [-0.4, -0.2) is 33.7 Å². The minimum atomic E-state index is -1.06. The van der Waals surface area contributed by atoms with Crippen LogP contribution in [0.1, 0.15) is 19.4 Å². The van der Waals surface area contributed by atoms with Crippen LogP contribution in [-0.2, 0) is 6.54 Å². The van der Waals surface area contributed by atoms with Crippen LogP contribution < -0.4 is 0 Å². The number of nitrogens with zero attached hydrogens (tertiary/aromatic N) is 2. The fraction of sp³-hybridized carbons (Fsp3) is 0.500. The molecule has 5 heteroatoms. The molecule has 0 bridgehead atoms. The number of aliphatic hydroxyl groups is 1. The Morgan fingerprint density at radius 1 is 1.35 bits per heavy atom. The van der Waals surface area contributed by atoms with Crippen LogP contribution in [0.4, 0.5) is 0 Å².